The summed E-state index contributed by atoms with van der Waals surface area (Å²) in [4.78, 5) is 5.93. The molecule has 0 radical (unpaired) electrons. The van der Waals surface area contributed by atoms with Crippen molar-refractivity contribution in [3.63, 3.8) is 0 Å². The van der Waals surface area contributed by atoms with E-state index in [-0.39, 0.29) is 0 Å². The van der Waals surface area contributed by atoms with Crippen LogP contribution in [0.3, 0.4) is 0 Å². The maximum atomic E-state index is 5.89. The lowest BCUT2D eigenvalue weighted by atomic mass is 10.1. The first-order valence-electron chi connectivity index (χ1n) is 6.70. The van der Waals surface area contributed by atoms with E-state index in [2.05, 4.69) is 53.2 Å². The van der Waals surface area contributed by atoms with Crippen LogP contribution in [-0.2, 0) is 6.54 Å². The van der Waals surface area contributed by atoms with Crippen LogP contribution in [-0.4, -0.2) is 4.98 Å². The van der Waals surface area contributed by atoms with Crippen molar-refractivity contribution in [3.8, 4) is 21.8 Å². The zero-order valence-corrected chi connectivity index (χ0v) is 14.0. The lowest BCUT2D eigenvalue weighted by Crippen LogP contribution is -1.95. The van der Waals surface area contributed by atoms with Crippen LogP contribution in [0.4, 0.5) is 0 Å². The van der Waals surface area contributed by atoms with Gasteiger partial charge in [0, 0.05) is 27.0 Å². The fourth-order valence-electron chi connectivity index (χ4n) is 2.16. The third-order valence-corrected chi connectivity index (χ3v) is 5.33. The fraction of sp³-hybridized carbons (Fsp3) is 0.118. The van der Waals surface area contributed by atoms with Gasteiger partial charge in [0.15, 0.2) is 0 Å². The maximum Gasteiger partial charge on any atom is 0.124 e. The molecule has 3 rings (SSSR count). The maximum absolute atomic E-state index is 5.89. The molecule has 0 aliphatic carbocycles. The molecule has 0 atom stereocenters. The molecule has 1 aromatic heterocycles. The largest absolute Gasteiger partial charge is 0.326 e. The average Bonchev–Trinajstić information content (AvgIpc) is 2.95. The van der Waals surface area contributed by atoms with E-state index in [0.29, 0.717) is 6.54 Å². The molecule has 21 heavy (non-hydrogen) atoms. The van der Waals surface area contributed by atoms with Crippen molar-refractivity contribution < 1.29 is 0 Å². The van der Waals surface area contributed by atoms with Gasteiger partial charge in [-0.3, -0.25) is 0 Å². The number of aromatic nitrogens is 1. The highest BCUT2D eigenvalue weighted by Gasteiger charge is 2.13. The molecule has 2 nitrogen and oxygen atoms in total. The van der Waals surface area contributed by atoms with Crippen molar-refractivity contribution in [2.75, 3.05) is 0 Å². The summed E-state index contributed by atoms with van der Waals surface area (Å²) < 4.78 is 1.10. The van der Waals surface area contributed by atoms with Gasteiger partial charge in [-0.25, -0.2) is 4.98 Å². The van der Waals surface area contributed by atoms with E-state index in [9.17, 15) is 0 Å². The molecule has 0 aliphatic rings. The van der Waals surface area contributed by atoms with Crippen LogP contribution in [0.1, 0.15) is 10.4 Å². The predicted octanol–water partition coefficient (Wildman–Crippen LogP) is 5.01. The minimum Gasteiger partial charge on any atom is -0.326 e. The minimum absolute atomic E-state index is 0.509. The second-order valence-corrected chi connectivity index (χ2v) is 6.76. The van der Waals surface area contributed by atoms with E-state index < -0.39 is 0 Å². The average molecular weight is 359 g/mol. The summed E-state index contributed by atoms with van der Waals surface area (Å²) in [5.74, 6) is 0. The molecule has 1 heterocycles. The molecule has 3 aromatic rings. The van der Waals surface area contributed by atoms with Crippen molar-refractivity contribution in [3.05, 3.63) is 63.4 Å². The van der Waals surface area contributed by atoms with Crippen molar-refractivity contribution in [1.82, 2.24) is 4.98 Å². The molecule has 106 valence electrons. The smallest absolute Gasteiger partial charge is 0.124 e. The van der Waals surface area contributed by atoms with Gasteiger partial charge in [0.25, 0.3) is 0 Å². The zero-order chi connectivity index (χ0) is 14.8. The lowest BCUT2D eigenvalue weighted by molar-refractivity contribution is 1.10. The number of nitrogens with zero attached hydrogens (tertiary/aromatic N) is 1. The van der Waals surface area contributed by atoms with E-state index in [1.54, 1.807) is 11.3 Å². The number of rotatable bonds is 3. The van der Waals surface area contributed by atoms with E-state index in [4.69, 9.17) is 10.7 Å². The van der Waals surface area contributed by atoms with Crippen molar-refractivity contribution in [2.24, 2.45) is 5.73 Å². The Kier molecular flexibility index (Phi) is 4.19. The minimum atomic E-state index is 0.509. The van der Waals surface area contributed by atoms with Gasteiger partial charge in [0.2, 0.25) is 0 Å². The Hall–Kier alpha value is -1.49. The van der Waals surface area contributed by atoms with E-state index in [1.165, 1.54) is 5.56 Å². The normalized spacial score (nSPS) is 10.8. The number of aryl methyl sites for hydroxylation is 1. The van der Waals surface area contributed by atoms with Gasteiger partial charge in [-0.2, -0.15) is 0 Å². The van der Waals surface area contributed by atoms with Crippen LogP contribution in [0.25, 0.3) is 21.8 Å². The number of thiazole rings is 1. The molecular formula is C17H15BrN2S. The Morgan fingerprint density at radius 1 is 1.10 bits per heavy atom. The van der Waals surface area contributed by atoms with Crippen LogP contribution in [0.5, 0.6) is 0 Å². The summed E-state index contributed by atoms with van der Waals surface area (Å²) in [7, 11) is 0. The van der Waals surface area contributed by atoms with Gasteiger partial charge < -0.3 is 5.73 Å². The van der Waals surface area contributed by atoms with Gasteiger partial charge >= 0.3 is 0 Å². The van der Waals surface area contributed by atoms with Crippen molar-refractivity contribution >= 4 is 27.3 Å². The first-order chi connectivity index (χ1) is 10.2. The number of halogens is 1. The van der Waals surface area contributed by atoms with Gasteiger partial charge in [0.05, 0.1) is 5.69 Å². The first-order valence-corrected chi connectivity index (χ1v) is 8.31. The molecule has 0 amide bonds. The van der Waals surface area contributed by atoms with Gasteiger partial charge in [-0.1, -0.05) is 58.4 Å². The van der Waals surface area contributed by atoms with Crippen LogP contribution in [0.2, 0.25) is 0 Å². The molecule has 0 aliphatic heterocycles. The molecule has 0 bridgehead atoms. The molecule has 0 unspecified atom stereocenters. The highest BCUT2D eigenvalue weighted by Crippen LogP contribution is 2.35. The first kappa shape index (κ1) is 14.4. The van der Waals surface area contributed by atoms with Crippen LogP contribution in [0.15, 0.2) is 53.0 Å². The highest BCUT2D eigenvalue weighted by molar-refractivity contribution is 9.10. The second-order valence-electron chi connectivity index (χ2n) is 4.82. The number of hydrogen-bond donors (Lipinski definition) is 1. The van der Waals surface area contributed by atoms with Crippen molar-refractivity contribution in [2.45, 2.75) is 13.5 Å². The Labute approximate surface area is 136 Å². The van der Waals surface area contributed by atoms with E-state index >= 15 is 0 Å². The zero-order valence-electron chi connectivity index (χ0n) is 11.6. The lowest BCUT2D eigenvalue weighted by Gasteiger charge is -2.01. The quantitative estimate of drug-likeness (QED) is 0.714. The second kappa shape index (κ2) is 6.10. The summed E-state index contributed by atoms with van der Waals surface area (Å²) in [6.45, 7) is 2.59. The van der Waals surface area contributed by atoms with Gasteiger partial charge in [0.1, 0.15) is 5.01 Å². The molecular weight excluding hydrogens is 344 g/mol. The fourth-order valence-corrected chi connectivity index (χ4v) is 3.50. The number of benzene rings is 2. The Bertz CT molecular complexity index is 766. The SMILES string of the molecule is Cc1ccc(-c2nc(-c3ccccc3)c(CN)s2)cc1Br. The van der Waals surface area contributed by atoms with Gasteiger partial charge in [-0.15, -0.1) is 11.3 Å². The van der Waals surface area contributed by atoms with Crippen molar-refractivity contribution in [1.29, 1.82) is 0 Å². The Morgan fingerprint density at radius 3 is 2.52 bits per heavy atom. The Morgan fingerprint density at radius 2 is 1.86 bits per heavy atom. The highest BCUT2D eigenvalue weighted by atomic mass is 79.9. The number of nitrogens with two attached hydrogens (primary N) is 1. The summed E-state index contributed by atoms with van der Waals surface area (Å²) in [5, 5.41) is 1.01. The summed E-state index contributed by atoms with van der Waals surface area (Å²) in [6.07, 6.45) is 0. The van der Waals surface area contributed by atoms with Gasteiger partial charge in [-0.05, 0) is 18.6 Å². The molecule has 0 saturated carbocycles. The van der Waals surface area contributed by atoms with Crippen LogP contribution >= 0.6 is 27.3 Å². The third kappa shape index (κ3) is 2.93. The van der Waals surface area contributed by atoms with Crippen LogP contribution < -0.4 is 5.73 Å². The standard InChI is InChI=1S/C17H15BrN2S/c1-11-7-8-13(9-14(11)18)17-20-16(15(10-19)21-17)12-5-3-2-4-6-12/h2-9H,10,19H2,1H3. The molecule has 0 saturated heterocycles. The molecule has 0 fully saturated rings. The molecule has 2 N–H and O–H groups in total. The third-order valence-electron chi connectivity index (χ3n) is 3.35. The summed E-state index contributed by atoms with van der Waals surface area (Å²) in [5.41, 5.74) is 10.3. The molecule has 0 spiro atoms. The van der Waals surface area contributed by atoms with Crippen LogP contribution in [0, 0.1) is 6.92 Å². The predicted molar refractivity (Wildman–Crippen MR) is 93.3 cm³/mol. The van der Waals surface area contributed by atoms with E-state index in [0.717, 1.165) is 31.2 Å². The van der Waals surface area contributed by atoms with E-state index in [1.807, 2.05) is 18.2 Å². The summed E-state index contributed by atoms with van der Waals surface area (Å²) >= 11 is 5.25. The monoisotopic (exact) mass is 358 g/mol. The number of hydrogen-bond acceptors (Lipinski definition) is 3. The molecule has 4 heteroatoms. The summed E-state index contributed by atoms with van der Waals surface area (Å²) in [6, 6.07) is 16.5. The Balaban J connectivity index is 2.09. The molecule has 2 aromatic carbocycles. The topological polar surface area (TPSA) is 38.9 Å².